The van der Waals surface area contributed by atoms with Crippen molar-refractivity contribution >= 4 is 11.9 Å². The van der Waals surface area contributed by atoms with E-state index in [1.54, 1.807) is 33.1 Å². The van der Waals surface area contributed by atoms with E-state index in [2.05, 4.69) is 25.3 Å². The third-order valence-electron chi connectivity index (χ3n) is 5.68. The number of methoxy groups -OCH3 is 1. The van der Waals surface area contributed by atoms with Gasteiger partial charge in [-0.1, -0.05) is 49.6 Å². The predicted molar refractivity (Wildman–Crippen MR) is 142 cm³/mol. The number of rotatable bonds is 11. The van der Waals surface area contributed by atoms with Crippen LogP contribution in [0.1, 0.15) is 37.8 Å². The molecule has 0 aliphatic rings. The molecule has 5 nitrogen and oxygen atoms in total. The van der Waals surface area contributed by atoms with E-state index in [-0.39, 0.29) is 0 Å². The zero-order valence-electron chi connectivity index (χ0n) is 21.1. The lowest BCUT2D eigenvalue weighted by atomic mass is 9.99. The second-order valence-electron chi connectivity index (χ2n) is 8.74. The monoisotopic (exact) mass is 484 g/mol. The zero-order chi connectivity index (χ0) is 26.1. The summed E-state index contributed by atoms with van der Waals surface area (Å²) >= 11 is 0. The molecule has 0 saturated carbocycles. The van der Waals surface area contributed by atoms with Gasteiger partial charge in [0.25, 0.3) is 0 Å². The van der Waals surface area contributed by atoms with Crippen LogP contribution >= 0.6 is 0 Å². The number of hydrogen-bond donors (Lipinski definition) is 0. The van der Waals surface area contributed by atoms with E-state index in [1.165, 1.54) is 5.56 Å². The van der Waals surface area contributed by atoms with E-state index in [0.717, 1.165) is 48.1 Å². The van der Waals surface area contributed by atoms with Gasteiger partial charge in [0, 0.05) is 11.1 Å². The Morgan fingerprint density at radius 2 is 1.19 bits per heavy atom. The van der Waals surface area contributed by atoms with Crippen molar-refractivity contribution in [3.63, 3.8) is 0 Å². The maximum atomic E-state index is 11.7. The number of ether oxygens (including phenoxy) is 3. The first-order valence-electron chi connectivity index (χ1n) is 11.9. The van der Waals surface area contributed by atoms with E-state index in [4.69, 9.17) is 14.2 Å². The molecule has 0 spiro atoms. The van der Waals surface area contributed by atoms with Crippen molar-refractivity contribution in [2.45, 2.75) is 39.5 Å². The highest BCUT2D eigenvalue weighted by Gasteiger charge is 2.09. The van der Waals surface area contributed by atoms with Crippen LogP contribution in [0.5, 0.6) is 17.2 Å². The van der Waals surface area contributed by atoms with E-state index in [0.29, 0.717) is 22.6 Å². The van der Waals surface area contributed by atoms with Crippen molar-refractivity contribution in [3.05, 3.63) is 102 Å². The Kier molecular flexibility index (Phi) is 9.23. The maximum Gasteiger partial charge on any atom is 0.338 e. The van der Waals surface area contributed by atoms with Crippen LogP contribution in [0, 0.1) is 0 Å². The van der Waals surface area contributed by atoms with Gasteiger partial charge in [-0.05, 0) is 92.1 Å². The minimum atomic E-state index is -0.435. The van der Waals surface area contributed by atoms with Gasteiger partial charge in [0.15, 0.2) is 0 Å². The lowest BCUT2D eigenvalue weighted by Gasteiger charge is -2.12. The topological polar surface area (TPSA) is 61.8 Å². The second kappa shape index (κ2) is 12.5. The molecule has 0 amide bonds. The van der Waals surface area contributed by atoms with Crippen LogP contribution in [-0.4, -0.2) is 19.0 Å². The zero-order valence-corrected chi connectivity index (χ0v) is 21.1. The number of carbonyl (C=O) groups excluding carboxylic acids is 2. The van der Waals surface area contributed by atoms with Crippen LogP contribution in [0.2, 0.25) is 0 Å². The first kappa shape index (κ1) is 26.5. The molecule has 0 aliphatic carbocycles. The molecule has 0 aliphatic heterocycles. The van der Waals surface area contributed by atoms with Gasteiger partial charge in [0.2, 0.25) is 0 Å². The summed E-state index contributed by atoms with van der Waals surface area (Å²) in [4.78, 5) is 23.3. The van der Waals surface area contributed by atoms with Gasteiger partial charge < -0.3 is 14.2 Å². The van der Waals surface area contributed by atoms with Crippen LogP contribution in [0.25, 0.3) is 11.1 Å². The average Bonchev–Trinajstić information content (AvgIpc) is 2.87. The number of hydrogen-bond acceptors (Lipinski definition) is 5. The molecule has 0 N–H and O–H groups in total. The maximum absolute atomic E-state index is 11.7. The van der Waals surface area contributed by atoms with E-state index in [9.17, 15) is 9.59 Å². The number of benzene rings is 3. The van der Waals surface area contributed by atoms with Crippen LogP contribution in [0.4, 0.5) is 0 Å². The first-order valence-corrected chi connectivity index (χ1v) is 11.9. The third kappa shape index (κ3) is 7.44. The molecular formula is C31H32O5. The average molecular weight is 485 g/mol. The van der Waals surface area contributed by atoms with Gasteiger partial charge >= 0.3 is 11.9 Å². The molecule has 0 aromatic heterocycles. The SMILES string of the molecule is C=C(C)C(=O)Oc1ccc(CCCCc2ccc(-c3ccc(OC(=O)C(=C)C)cc3)cc2OC)cc1. The molecule has 0 radical (unpaired) electrons. The smallest absolute Gasteiger partial charge is 0.338 e. The van der Waals surface area contributed by atoms with Crippen molar-refractivity contribution < 1.29 is 23.8 Å². The van der Waals surface area contributed by atoms with Gasteiger partial charge in [0.05, 0.1) is 7.11 Å². The summed E-state index contributed by atoms with van der Waals surface area (Å²) in [5.74, 6) is 1.02. The molecule has 0 heterocycles. The minimum absolute atomic E-state index is 0.360. The normalized spacial score (nSPS) is 10.4. The molecule has 5 heteroatoms. The summed E-state index contributed by atoms with van der Waals surface area (Å²) in [5.41, 5.74) is 5.13. The fourth-order valence-electron chi connectivity index (χ4n) is 3.60. The van der Waals surface area contributed by atoms with Crippen LogP contribution < -0.4 is 14.2 Å². The highest BCUT2D eigenvalue weighted by atomic mass is 16.5. The molecule has 3 aromatic rings. The minimum Gasteiger partial charge on any atom is -0.496 e. The third-order valence-corrected chi connectivity index (χ3v) is 5.68. The van der Waals surface area contributed by atoms with Gasteiger partial charge in [-0.2, -0.15) is 0 Å². The standard InChI is InChI=1S/C31H32O5/c1-21(2)30(32)35-27-16-10-23(11-17-27)8-6-7-9-25-12-13-26(20-29(25)34-5)24-14-18-28(19-15-24)36-31(33)22(3)4/h10-20H,1,3,6-9H2,2,4-5H3. The van der Waals surface area contributed by atoms with Crippen molar-refractivity contribution in [2.75, 3.05) is 7.11 Å². The summed E-state index contributed by atoms with van der Waals surface area (Å²) in [7, 11) is 1.69. The Bertz CT molecular complexity index is 1240. The summed E-state index contributed by atoms with van der Waals surface area (Å²) in [5, 5.41) is 0. The molecule has 0 fully saturated rings. The Balaban J connectivity index is 1.54. The fourth-order valence-corrected chi connectivity index (χ4v) is 3.60. The van der Waals surface area contributed by atoms with Crippen molar-refractivity contribution in [3.8, 4) is 28.4 Å². The quantitative estimate of drug-likeness (QED) is 0.128. The van der Waals surface area contributed by atoms with E-state index >= 15 is 0 Å². The van der Waals surface area contributed by atoms with E-state index in [1.807, 2.05) is 42.5 Å². The highest BCUT2D eigenvalue weighted by molar-refractivity contribution is 5.89. The van der Waals surface area contributed by atoms with Gasteiger partial charge in [-0.25, -0.2) is 9.59 Å². The molecular weight excluding hydrogens is 452 g/mol. The Morgan fingerprint density at radius 3 is 1.72 bits per heavy atom. The lowest BCUT2D eigenvalue weighted by molar-refractivity contribution is -0.130. The summed E-state index contributed by atoms with van der Waals surface area (Å²) in [6.07, 6.45) is 3.90. The van der Waals surface area contributed by atoms with Crippen LogP contribution in [-0.2, 0) is 22.4 Å². The Hall–Kier alpha value is -4.12. The molecule has 0 atom stereocenters. The Labute approximate surface area is 213 Å². The predicted octanol–water partition coefficient (Wildman–Crippen LogP) is 6.89. The number of unbranched alkanes of at least 4 members (excludes halogenated alkanes) is 1. The Morgan fingerprint density at radius 1 is 0.694 bits per heavy atom. The second-order valence-corrected chi connectivity index (χ2v) is 8.74. The summed E-state index contributed by atoms with van der Waals surface area (Å²) in [6, 6.07) is 21.2. The first-order chi connectivity index (χ1) is 17.3. The van der Waals surface area contributed by atoms with E-state index < -0.39 is 11.9 Å². The number of aryl methyl sites for hydroxylation is 2. The molecule has 36 heavy (non-hydrogen) atoms. The highest BCUT2D eigenvalue weighted by Crippen LogP contribution is 2.30. The summed E-state index contributed by atoms with van der Waals surface area (Å²) < 4.78 is 16.2. The molecule has 0 saturated heterocycles. The van der Waals surface area contributed by atoms with Crippen LogP contribution in [0.15, 0.2) is 91.0 Å². The number of carbonyl (C=O) groups is 2. The van der Waals surface area contributed by atoms with Gasteiger partial charge in [0.1, 0.15) is 17.2 Å². The van der Waals surface area contributed by atoms with Crippen molar-refractivity contribution in [1.82, 2.24) is 0 Å². The number of esters is 2. The molecule has 0 unspecified atom stereocenters. The molecule has 186 valence electrons. The molecule has 0 bridgehead atoms. The van der Waals surface area contributed by atoms with Crippen molar-refractivity contribution in [2.24, 2.45) is 0 Å². The molecule has 3 aromatic carbocycles. The fraction of sp³-hybridized carbons (Fsp3) is 0.226. The lowest BCUT2D eigenvalue weighted by Crippen LogP contribution is -2.08. The van der Waals surface area contributed by atoms with Gasteiger partial charge in [-0.15, -0.1) is 0 Å². The van der Waals surface area contributed by atoms with Gasteiger partial charge in [-0.3, -0.25) is 0 Å². The molecule has 3 rings (SSSR count). The largest absolute Gasteiger partial charge is 0.496 e. The summed E-state index contributed by atoms with van der Waals surface area (Å²) in [6.45, 7) is 10.4. The van der Waals surface area contributed by atoms with Crippen molar-refractivity contribution in [1.29, 1.82) is 0 Å². The van der Waals surface area contributed by atoms with Crippen LogP contribution in [0.3, 0.4) is 0 Å².